The molecule has 0 saturated carbocycles. The molecule has 0 amide bonds. The third kappa shape index (κ3) is 4.57. The predicted molar refractivity (Wildman–Crippen MR) is 111 cm³/mol. The first-order valence-corrected chi connectivity index (χ1v) is 10.5. The molecule has 3 aromatic carbocycles. The highest BCUT2D eigenvalue weighted by molar-refractivity contribution is 7.89. The maximum Gasteiger partial charge on any atom is 0.243 e. The van der Waals surface area contributed by atoms with E-state index in [0.717, 1.165) is 16.3 Å². The SMILES string of the molecule is CN(C)CCN(Cc1ccc(C#N)cc1)S(=O)(=O)c1ccc2ccccc2c1. The zero-order valence-corrected chi connectivity index (χ0v) is 16.9. The second kappa shape index (κ2) is 8.53. The minimum absolute atomic E-state index is 0.259. The lowest BCUT2D eigenvalue weighted by atomic mass is 10.1. The number of benzene rings is 3. The molecule has 0 atom stereocenters. The van der Waals surface area contributed by atoms with E-state index in [2.05, 4.69) is 6.07 Å². The lowest BCUT2D eigenvalue weighted by molar-refractivity contribution is 0.329. The molecule has 0 saturated heterocycles. The molecule has 0 spiro atoms. The largest absolute Gasteiger partial charge is 0.308 e. The summed E-state index contributed by atoms with van der Waals surface area (Å²) in [5.41, 5.74) is 1.41. The van der Waals surface area contributed by atoms with Crippen LogP contribution in [0.15, 0.2) is 71.6 Å². The van der Waals surface area contributed by atoms with E-state index in [1.807, 2.05) is 49.3 Å². The second-order valence-electron chi connectivity index (χ2n) is 6.96. The lowest BCUT2D eigenvalue weighted by Crippen LogP contribution is -2.36. The average molecular weight is 394 g/mol. The quantitative estimate of drug-likeness (QED) is 0.617. The highest BCUT2D eigenvalue weighted by Crippen LogP contribution is 2.23. The summed E-state index contributed by atoms with van der Waals surface area (Å²) >= 11 is 0. The van der Waals surface area contributed by atoms with Crippen LogP contribution in [0.4, 0.5) is 0 Å². The number of likely N-dealkylation sites (N-methyl/N-ethyl adjacent to an activating group) is 1. The molecule has 3 rings (SSSR count). The van der Waals surface area contributed by atoms with Crippen molar-refractivity contribution in [2.75, 3.05) is 27.2 Å². The van der Waals surface area contributed by atoms with Gasteiger partial charge in [0.05, 0.1) is 16.5 Å². The van der Waals surface area contributed by atoms with Gasteiger partial charge in [0.25, 0.3) is 0 Å². The Labute approximate surface area is 166 Å². The molecule has 0 N–H and O–H groups in total. The molecule has 0 bridgehead atoms. The molecule has 5 nitrogen and oxygen atoms in total. The van der Waals surface area contributed by atoms with Gasteiger partial charge in [0.15, 0.2) is 0 Å². The van der Waals surface area contributed by atoms with Crippen molar-refractivity contribution in [1.29, 1.82) is 5.26 Å². The Morgan fingerprint density at radius 2 is 1.57 bits per heavy atom. The smallest absolute Gasteiger partial charge is 0.243 e. The zero-order chi connectivity index (χ0) is 20.1. The molecule has 0 aliphatic rings. The van der Waals surface area contributed by atoms with Crippen molar-refractivity contribution in [3.8, 4) is 6.07 Å². The molecule has 3 aromatic rings. The lowest BCUT2D eigenvalue weighted by Gasteiger charge is -2.24. The van der Waals surface area contributed by atoms with Crippen molar-refractivity contribution in [2.45, 2.75) is 11.4 Å². The monoisotopic (exact) mass is 393 g/mol. The van der Waals surface area contributed by atoms with Crippen LogP contribution in [0.25, 0.3) is 10.8 Å². The van der Waals surface area contributed by atoms with Crippen molar-refractivity contribution in [3.05, 3.63) is 77.9 Å². The standard InChI is InChI=1S/C22H23N3O2S/c1-24(2)13-14-25(17-19-9-7-18(16-23)8-10-19)28(26,27)22-12-11-20-5-3-4-6-21(20)15-22/h3-12,15H,13-14,17H2,1-2H3. The molecule has 0 aliphatic carbocycles. The number of fused-ring (bicyclic) bond motifs is 1. The second-order valence-corrected chi connectivity index (χ2v) is 8.90. The number of nitrogens with zero attached hydrogens (tertiary/aromatic N) is 3. The number of sulfonamides is 1. The van der Waals surface area contributed by atoms with Gasteiger partial charge in [0, 0.05) is 19.6 Å². The van der Waals surface area contributed by atoms with Crippen LogP contribution < -0.4 is 0 Å². The topological polar surface area (TPSA) is 64.4 Å². The third-order valence-electron chi connectivity index (χ3n) is 4.60. The molecular weight excluding hydrogens is 370 g/mol. The summed E-state index contributed by atoms with van der Waals surface area (Å²) in [4.78, 5) is 2.25. The summed E-state index contributed by atoms with van der Waals surface area (Å²) in [6, 6.07) is 22.1. The van der Waals surface area contributed by atoms with Gasteiger partial charge in [-0.1, -0.05) is 42.5 Å². The van der Waals surface area contributed by atoms with Crippen LogP contribution in [0.2, 0.25) is 0 Å². The van der Waals surface area contributed by atoms with E-state index in [4.69, 9.17) is 5.26 Å². The third-order valence-corrected chi connectivity index (χ3v) is 6.44. The highest BCUT2D eigenvalue weighted by Gasteiger charge is 2.25. The molecule has 0 heterocycles. The van der Waals surface area contributed by atoms with Crippen molar-refractivity contribution in [3.63, 3.8) is 0 Å². The van der Waals surface area contributed by atoms with Gasteiger partial charge >= 0.3 is 0 Å². The number of nitriles is 1. The van der Waals surface area contributed by atoms with E-state index in [1.165, 1.54) is 4.31 Å². The summed E-state index contributed by atoms with van der Waals surface area (Å²) < 4.78 is 28.2. The minimum Gasteiger partial charge on any atom is -0.308 e. The van der Waals surface area contributed by atoms with E-state index in [-0.39, 0.29) is 6.54 Å². The average Bonchev–Trinajstić information content (AvgIpc) is 2.70. The van der Waals surface area contributed by atoms with Crippen molar-refractivity contribution in [1.82, 2.24) is 9.21 Å². The Hall–Kier alpha value is -2.72. The van der Waals surface area contributed by atoms with Crippen LogP contribution in [-0.2, 0) is 16.6 Å². The fourth-order valence-electron chi connectivity index (χ4n) is 2.96. The van der Waals surface area contributed by atoms with E-state index >= 15 is 0 Å². The summed E-state index contributed by atoms with van der Waals surface area (Å²) in [6.07, 6.45) is 0. The van der Waals surface area contributed by atoms with Crippen molar-refractivity contribution < 1.29 is 8.42 Å². The van der Waals surface area contributed by atoms with Gasteiger partial charge in [0.2, 0.25) is 10.0 Å². The van der Waals surface area contributed by atoms with Gasteiger partial charge in [-0.2, -0.15) is 9.57 Å². The summed E-state index contributed by atoms with van der Waals surface area (Å²) in [7, 11) is 0.178. The normalized spacial score (nSPS) is 11.8. The molecular formula is C22H23N3O2S. The molecule has 0 aliphatic heterocycles. The van der Waals surface area contributed by atoms with Crippen LogP contribution in [0.1, 0.15) is 11.1 Å². The fraction of sp³-hybridized carbons (Fsp3) is 0.227. The summed E-state index contributed by atoms with van der Waals surface area (Å²) in [5, 5.41) is 10.9. The van der Waals surface area contributed by atoms with Crippen LogP contribution >= 0.6 is 0 Å². The number of hydrogen-bond acceptors (Lipinski definition) is 4. The molecule has 6 heteroatoms. The first-order valence-electron chi connectivity index (χ1n) is 9.03. The maximum absolute atomic E-state index is 13.4. The summed E-state index contributed by atoms with van der Waals surface area (Å²) in [5.74, 6) is 0. The van der Waals surface area contributed by atoms with Crippen molar-refractivity contribution >= 4 is 20.8 Å². The Balaban J connectivity index is 1.94. The first kappa shape index (κ1) is 20.0. The van der Waals surface area contributed by atoms with Gasteiger partial charge in [-0.15, -0.1) is 0 Å². The Kier molecular flexibility index (Phi) is 6.10. The van der Waals surface area contributed by atoms with Crippen LogP contribution in [-0.4, -0.2) is 44.8 Å². The number of hydrogen-bond donors (Lipinski definition) is 0. The molecule has 144 valence electrons. The summed E-state index contributed by atoms with van der Waals surface area (Å²) in [6.45, 7) is 1.25. The molecule has 0 fully saturated rings. The van der Waals surface area contributed by atoms with Gasteiger partial charge in [-0.25, -0.2) is 8.42 Å². The Morgan fingerprint density at radius 1 is 0.893 bits per heavy atom. The molecule has 0 aromatic heterocycles. The minimum atomic E-state index is -3.66. The van der Waals surface area contributed by atoms with Crippen LogP contribution in [0.5, 0.6) is 0 Å². The van der Waals surface area contributed by atoms with Gasteiger partial charge < -0.3 is 4.90 Å². The molecule has 0 radical (unpaired) electrons. The molecule has 0 unspecified atom stereocenters. The number of rotatable bonds is 7. The van der Waals surface area contributed by atoms with E-state index in [0.29, 0.717) is 23.5 Å². The van der Waals surface area contributed by atoms with E-state index in [9.17, 15) is 8.42 Å². The fourth-order valence-corrected chi connectivity index (χ4v) is 4.42. The van der Waals surface area contributed by atoms with Gasteiger partial charge in [-0.3, -0.25) is 0 Å². The molecule has 28 heavy (non-hydrogen) atoms. The van der Waals surface area contributed by atoms with Crippen LogP contribution in [0, 0.1) is 11.3 Å². The maximum atomic E-state index is 13.4. The van der Waals surface area contributed by atoms with Gasteiger partial charge in [-0.05, 0) is 54.7 Å². The highest BCUT2D eigenvalue weighted by atomic mass is 32.2. The van der Waals surface area contributed by atoms with Crippen LogP contribution in [0.3, 0.4) is 0 Å². The van der Waals surface area contributed by atoms with E-state index in [1.54, 1.807) is 36.4 Å². The van der Waals surface area contributed by atoms with Gasteiger partial charge in [0.1, 0.15) is 0 Å². The van der Waals surface area contributed by atoms with E-state index < -0.39 is 10.0 Å². The van der Waals surface area contributed by atoms with Crippen molar-refractivity contribution in [2.24, 2.45) is 0 Å². The zero-order valence-electron chi connectivity index (χ0n) is 16.0. The first-order chi connectivity index (χ1) is 13.4. The predicted octanol–water partition coefficient (Wildman–Crippen LogP) is 3.46. The Morgan fingerprint density at radius 3 is 2.21 bits per heavy atom. The Bertz CT molecular complexity index is 1100.